The highest BCUT2D eigenvalue weighted by Crippen LogP contribution is 2.25. The molecule has 0 aliphatic heterocycles. The van der Waals surface area contributed by atoms with E-state index >= 15 is 0 Å². The molecular formula is C19H24ClN. The van der Waals surface area contributed by atoms with E-state index in [9.17, 15) is 0 Å². The van der Waals surface area contributed by atoms with Gasteiger partial charge in [0.15, 0.2) is 0 Å². The minimum Gasteiger partial charge on any atom is -0.310 e. The zero-order valence-electron chi connectivity index (χ0n) is 12.9. The van der Waals surface area contributed by atoms with E-state index in [1.54, 1.807) is 0 Å². The van der Waals surface area contributed by atoms with E-state index in [1.165, 1.54) is 11.1 Å². The Labute approximate surface area is 133 Å². The molecular weight excluding hydrogens is 278 g/mol. The number of benzene rings is 2. The number of rotatable bonds is 7. The Bertz CT molecular complexity index is 521. The van der Waals surface area contributed by atoms with Gasteiger partial charge >= 0.3 is 0 Å². The molecule has 0 radical (unpaired) electrons. The van der Waals surface area contributed by atoms with Crippen LogP contribution in [0.3, 0.4) is 0 Å². The van der Waals surface area contributed by atoms with Gasteiger partial charge in [0, 0.05) is 11.1 Å². The highest BCUT2D eigenvalue weighted by molar-refractivity contribution is 6.30. The summed E-state index contributed by atoms with van der Waals surface area (Å²) in [6, 6.07) is 19.3. The Morgan fingerprint density at radius 2 is 1.67 bits per heavy atom. The number of halogens is 1. The topological polar surface area (TPSA) is 12.0 Å². The van der Waals surface area contributed by atoms with Crippen molar-refractivity contribution in [1.29, 1.82) is 0 Å². The third-order valence-electron chi connectivity index (χ3n) is 3.81. The first-order chi connectivity index (χ1) is 10.2. The van der Waals surface area contributed by atoms with Gasteiger partial charge in [0.25, 0.3) is 0 Å². The van der Waals surface area contributed by atoms with Gasteiger partial charge in [0.1, 0.15) is 0 Å². The van der Waals surface area contributed by atoms with E-state index in [2.05, 4.69) is 61.6 Å². The Balaban J connectivity index is 2.10. The van der Waals surface area contributed by atoms with Gasteiger partial charge in [0.2, 0.25) is 0 Å². The summed E-state index contributed by atoms with van der Waals surface area (Å²) in [6.45, 7) is 5.57. The van der Waals surface area contributed by atoms with E-state index < -0.39 is 0 Å². The molecule has 2 rings (SSSR count). The average molecular weight is 302 g/mol. The third-order valence-corrected chi connectivity index (χ3v) is 4.06. The van der Waals surface area contributed by atoms with Gasteiger partial charge in [-0.1, -0.05) is 67.9 Å². The summed E-state index contributed by atoms with van der Waals surface area (Å²) in [5.74, 6) is 0.528. The summed E-state index contributed by atoms with van der Waals surface area (Å²) < 4.78 is 0. The lowest BCUT2D eigenvalue weighted by Crippen LogP contribution is -2.28. The van der Waals surface area contributed by atoms with Crippen LogP contribution in [0.1, 0.15) is 37.4 Å². The lowest BCUT2D eigenvalue weighted by molar-refractivity contribution is 0.384. The lowest BCUT2D eigenvalue weighted by atomic mass is 9.89. The van der Waals surface area contributed by atoms with Crippen LogP contribution in [0.4, 0.5) is 0 Å². The molecule has 0 fully saturated rings. The quantitative estimate of drug-likeness (QED) is 0.735. The summed E-state index contributed by atoms with van der Waals surface area (Å²) in [4.78, 5) is 0. The summed E-state index contributed by atoms with van der Waals surface area (Å²) in [6.07, 6.45) is 2.20. The molecule has 1 N–H and O–H groups in total. The van der Waals surface area contributed by atoms with Gasteiger partial charge in [-0.3, -0.25) is 0 Å². The summed E-state index contributed by atoms with van der Waals surface area (Å²) in [5.41, 5.74) is 2.71. The third kappa shape index (κ3) is 4.87. The van der Waals surface area contributed by atoms with Crippen molar-refractivity contribution in [2.45, 2.75) is 32.7 Å². The molecule has 0 aromatic heterocycles. The van der Waals surface area contributed by atoms with E-state index in [0.717, 1.165) is 24.4 Å². The normalized spacial score (nSPS) is 13.9. The number of hydrogen-bond acceptors (Lipinski definition) is 1. The van der Waals surface area contributed by atoms with Crippen LogP contribution in [0, 0.1) is 5.92 Å². The maximum absolute atomic E-state index is 5.96. The fourth-order valence-corrected chi connectivity index (χ4v) is 2.84. The molecule has 2 atom stereocenters. The van der Waals surface area contributed by atoms with Gasteiger partial charge in [-0.25, -0.2) is 0 Å². The van der Waals surface area contributed by atoms with Crippen molar-refractivity contribution < 1.29 is 0 Å². The highest BCUT2D eigenvalue weighted by Gasteiger charge is 2.18. The van der Waals surface area contributed by atoms with Crippen molar-refractivity contribution in [2.24, 2.45) is 5.92 Å². The van der Waals surface area contributed by atoms with Crippen LogP contribution in [0.2, 0.25) is 5.02 Å². The van der Waals surface area contributed by atoms with Crippen molar-refractivity contribution in [2.75, 3.05) is 6.54 Å². The molecule has 2 heteroatoms. The lowest BCUT2D eigenvalue weighted by Gasteiger charge is -2.26. The SMILES string of the molecule is CCCNC(c1ccccc1)C(C)Cc1ccc(Cl)cc1. The maximum Gasteiger partial charge on any atom is 0.0406 e. The Morgan fingerprint density at radius 1 is 1.00 bits per heavy atom. The zero-order chi connectivity index (χ0) is 15.1. The molecule has 0 spiro atoms. The van der Waals surface area contributed by atoms with E-state index in [4.69, 9.17) is 11.6 Å². The van der Waals surface area contributed by atoms with E-state index in [0.29, 0.717) is 12.0 Å². The molecule has 0 bridgehead atoms. The minimum absolute atomic E-state index is 0.391. The molecule has 112 valence electrons. The van der Waals surface area contributed by atoms with Crippen LogP contribution in [0.25, 0.3) is 0 Å². The van der Waals surface area contributed by atoms with Crippen LogP contribution in [-0.4, -0.2) is 6.54 Å². The fraction of sp³-hybridized carbons (Fsp3) is 0.368. The standard InChI is InChI=1S/C19H24ClN/c1-3-13-21-19(17-7-5-4-6-8-17)15(2)14-16-9-11-18(20)12-10-16/h4-12,15,19,21H,3,13-14H2,1-2H3. The summed E-state index contributed by atoms with van der Waals surface area (Å²) in [5, 5.41) is 4.49. The van der Waals surface area contributed by atoms with Gasteiger partial charge in [-0.15, -0.1) is 0 Å². The second-order valence-electron chi connectivity index (χ2n) is 5.65. The van der Waals surface area contributed by atoms with E-state index in [1.807, 2.05) is 12.1 Å². The van der Waals surface area contributed by atoms with Crippen molar-refractivity contribution in [3.05, 3.63) is 70.7 Å². The van der Waals surface area contributed by atoms with Crippen molar-refractivity contribution in [3.8, 4) is 0 Å². The van der Waals surface area contributed by atoms with Crippen LogP contribution in [0.5, 0.6) is 0 Å². The van der Waals surface area contributed by atoms with Crippen molar-refractivity contribution >= 4 is 11.6 Å². The molecule has 0 saturated heterocycles. The monoisotopic (exact) mass is 301 g/mol. The average Bonchev–Trinajstić information content (AvgIpc) is 2.51. The van der Waals surface area contributed by atoms with Gasteiger partial charge in [0.05, 0.1) is 0 Å². The molecule has 0 heterocycles. The second-order valence-corrected chi connectivity index (χ2v) is 6.09. The minimum atomic E-state index is 0.391. The molecule has 2 unspecified atom stereocenters. The molecule has 0 saturated carbocycles. The highest BCUT2D eigenvalue weighted by atomic mass is 35.5. The van der Waals surface area contributed by atoms with Gasteiger partial charge < -0.3 is 5.32 Å². The van der Waals surface area contributed by atoms with Gasteiger partial charge in [-0.05, 0) is 48.6 Å². The maximum atomic E-state index is 5.96. The predicted octanol–water partition coefficient (Wildman–Crippen LogP) is 5.26. The van der Waals surface area contributed by atoms with Crippen molar-refractivity contribution in [1.82, 2.24) is 5.32 Å². The number of nitrogens with one attached hydrogen (secondary N) is 1. The largest absolute Gasteiger partial charge is 0.310 e. The van der Waals surface area contributed by atoms with Crippen LogP contribution in [0.15, 0.2) is 54.6 Å². The first kappa shape index (κ1) is 16.1. The fourth-order valence-electron chi connectivity index (χ4n) is 2.72. The molecule has 0 aliphatic carbocycles. The smallest absolute Gasteiger partial charge is 0.0406 e. The Morgan fingerprint density at radius 3 is 2.29 bits per heavy atom. The zero-order valence-corrected chi connectivity index (χ0v) is 13.6. The summed E-state index contributed by atoms with van der Waals surface area (Å²) in [7, 11) is 0. The molecule has 21 heavy (non-hydrogen) atoms. The molecule has 0 aliphatic rings. The second kappa shape index (κ2) is 8.21. The van der Waals surface area contributed by atoms with Crippen LogP contribution >= 0.6 is 11.6 Å². The van der Waals surface area contributed by atoms with Crippen LogP contribution in [-0.2, 0) is 6.42 Å². The molecule has 2 aromatic rings. The van der Waals surface area contributed by atoms with E-state index in [-0.39, 0.29) is 0 Å². The van der Waals surface area contributed by atoms with Crippen LogP contribution < -0.4 is 5.32 Å². The van der Waals surface area contributed by atoms with Gasteiger partial charge in [-0.2, -0.15) is 0 Å². The molecule has 0 amide bonds. The first-order valence-electron chi connectivity index (χ1n) is 7.73. The molecule has 1 nitrogen and oxygen atoms in total. The predicted molar refractivity (Wildman–Crippen MR) is 91.8 cm³/mol. The number of hydrogen-bond donors (Lipinski definition) is 1. The molecule has 2 aromatic carbocycles. The van der Waals surface area contributed by atoms with Crippen molar-refractivity contribution in [3.63, 3.8) is 0 Å². The first-order valence-corrected chi connectivity index (χ1v) is 8.11. The summed E-state index contributed by atoms with van der Waals surface area (Å²) >= 11 is 5.96. The Hall–Kier alpha value is -1.31. The Kier molecular flexibility index (Phi) is 6.28.